The number of fused-ring (bicyclic) bond motifs is 7. The molecule has 2 nitrogen and oxygen atoms in total. The summed E-state index contributed by atoms with van der Waals surface area (Å²) >= 11 is 0. The number of hydrogen-bond donors (Lipinski definition) is 0. The van der Waals surface area contributed by atoms with Gasteiger partial charge in [-0.3, -0.25) is 4.98 Å². The van der Waals surface area contributed by atoms with E-state index in [0.717, 1.165) is 22.5 Å². The quantitative estimate of drug-likeness (QED) is 0.164. The monoisotopic (exact) mass is 698 g/mol. The summed E-state index contributed by atoms with van der Waals surface area (Å²) in [4.78, 5) is 5.27. The number of pyridine rings is 1. The Balaban J connectivity index is 1.09. The summed E-state index contributed by atoms with van der Waals surface area (Å²) in [7, 11) is 0. The molecule has 0 amide bonds. The lowest BCUT2D eigenvalue weighted by molar-refractivity contribution is 1.19. The topological polar surface area (TPSA) is 17.8 Å². The van der Waals surface area contributed by atoms with Crippen LogP contribution in [-0.2, 0) is 0 Å². The minimum absolute atomic E-state index is 0.965. The molecule has 0 aliphatic heterocycles. The van der Waals surface area contributed by atoms with Gasteiger partial charge < -0.3 is 4.57 Å². The summed E-state index contributed by atoms with van der Waals surface area (Å²) in [5.74, 6) is 0. The predicted molar refractivity (Wildman–Crippen MR) is 233 cm³/mol. The summed E-state index contributed by atoms with van der Waals surface area (Å²) < 4.78 is 2.42. The van der Waals surface area contributed by atoms with E-state index in [-0.39, 0.29) is 0 Å². The summed E-state index contributed by atoms with van der Waals surface area (Å²) in [6.07, 6.45) is 2.07. The van der Waals surface area contributed by atoms with E-state index in [1.165, 1.54) is 81.9 Å². The summed E-state index contributed by atoms with van der Waals surface area (Å²) in [6, 6.07) is 72.3. The van der Waals surface area contributed by atoms with Gasteiger partial charge in [-0.05, 0) is 79.0 Å². The standard InChI is InChI=1S/C53H34N2/c1-3-14-35(15-4-1)36-26-28-38(29-27-36)50-43-20-9-11-22-45(43)51(46-23-12-10-21-44(46)50)48-33-31-39(34-54-48)41-24-13-25-49-52(41)47-32-30-37-16-7-8-19-42(37)53(47)55(49)40-17-5-2-6-18-40/h1-34H. The van der Waals surface area contributed by atoms with E-state index < -0.39 is 0 Å². The number of nitrogens with zero attached hydrogens (tertiary/aromatic N) is 2. The molecule has 11 aromatic rings. The summed E-state index contributed by atoms with van der Waals surface area (Å²) in [6.45, 7) is 0. The van der Waals surface area contributed by atoms with E-state index in [0.29, 0.717) is 0 Å². The Labute approximate surface area is 319 Å². The molecule has 9 aromatic carbocycles. The van der Waals surface area contributed by atoms with Crippen molar-refractivity contribution in [2.75, 3.05) is 0 Å². The van der Waals surface area contributed by atoms with Gasteiger partial charge in [0.1, 0.15) is 0 Å². The van der Waals surface area contributed by atoms with Crippen molar-refractivity contribution in [3.8, 4) is 50.3 Å². The molecule has 0 aliphatic carbocycles. The molecule has 0 spiro atoms. The Morgan fingerprint density at radius 3 is 1.58 bits per heavy atom. The third kappa shape index (κ3) is 5.00. The molecule has 0 radical (unpaired) electrons. The first-order valence-corrected chi connectivity index (χ1v) is 18.9. The van der Waals surface area contributed by atoms with Crippen LogP contribution >= 0.6 is 0 Å². The van der Waals surface area contributed by atoms with Gasteiger partial charge in [0.15, 0.2) is 0 Å². The fourth-order valence-corrected chi connectivity index (χ4v) is 8.79. The first-order chi connectivity index (χ1) is 27.3. The van der Waals surface area contributed by atoms with Gasteiger partial charge in [-0.15, -0.1) is 0 Å². The number of aromatic nitrogens is 2. The van der Waals surface area contributed by atoms with Crippen LogP contribution in [0.4, 0.5) is 0 Å². The SMILES string of the molecule is c1ccc(-c2ccc(-c3c4ccccc4c(-c4ccc(-c5cccc6c5c5ccc7ccccc7c5n6-c5ccccc5)cn4)c4ccccc34)cc2)cc1. The van der Waals surface area contributed by atoms with Crippen LogP contribution in [0, 0.1) is 0 Å². The van der Waals surface area contributed by atoms with Crippen molar-refractivity contribution in [2.45, 2.75) is 0 Å². The lowest BCUT2D eigenvalue weighted by Crippen LogP contribution is -1.94. The van der Waals surface area contributed by atoms with Crippen LogP contribution in [0.2, 0.25) is 0 Å². The van der Waals surface area contributed by atoms with Crippen LogP contribution in [0.1, 0.15) is 0 Å². The molecule has 0 unspecified atom stereocenters. The smallest absolute Gasteiger partial charge is 0.0714 e. The Morgan fingerprint density at radius 2 is 0.909 bits per heavy atom. The molecule has 55 heavy (non-hydrogen) atoms. The molecule has 0 aliphatic rings. The fraction of sp³-hybridized carbons (Fsp3) is 0. The molecular weight excluding hydrogens is 665 g/mol. The Hall–Kier alpha value is -7.29. The van der Waals surface area contributed by atoms with Gasteiger partial charge in [-0.1, -0.05) is 176 Å². The second-order valence-electron chi connectivity index (χ2n) is 14.3. The highest BCUT2D eigenvalue weighted by molar-refractivity contribution is 6.23. The van der Waals surface area contributed by atoms with Crippen molar-refractivity contribution in [1.82, 2.24) is 9.55 Å². The highest BCUT2D eigenvalue weighted by Crippen LogP contribution is 2.45. The maximum atomic E-state index is 5.27. The van der Waals surface area contributed by atoms with Gasteiger partial charge in [0.25, 0.3) is 0 Å². The van der Waals surface area contributed by atoms with Crippen molar-refractivity contribution in [3.05, 3.63) is 206 Å². The molecule has 0 fully saturated rings. The van der Waals surface area contributed by atoms with Crippen LogP contribution in [0.25, 0.3) is 104 Å². The lowest BCUT2D eigenvalue weighted by atomic mass is 9.86. The minimum Gasteiger partial charge on any atom is -0.309 e. The molecule has 0 N–H and O–H groups in total. The van der Waals surface area contributed by atoms with E-state index in [2.05, 4.69) is 211 Å². The first-order valence-electron chi connectivity index (χ1n) is 18.9. The van der Waals surface area contributed by atoms with Gasteiger partial charge in [0.2, 0.25) is 0 Å². The average molecular weight is 699 g/mol. The Morgan fingerprint density at radius 1 is 0.345 bits per heavy atom. The summed E-state index contributed by atoms with van der Waals surface area (Å²) in [5.41, 5.74) is 12.9. The van der Waals surface area contributed by atoms with Crippen LogP contribution in [0.15, 0.2) is 206 Å². The summed E-state index contributed by atoms with van der Waals surface area (Å²) in [5, 5.41) is 9.79. The third-order valence-corrected chi connectivity index (χ3v) is 11.2. The molecule has 11 rings (SSSR count). The molecule has 0 saturated heterocycles. The van der Waals surface area contributed by atoms with Crippen molar-refractivity contribution >= 4 is 54.1 Å². The van der Waals surface area contributed by atoms with Crippen LogP contribution in [-0.4, -0.2) is 9.55 Å². The van der Waals surface area contributed by atoms with E-state index in [1.807, 2.05) is 0 Å². The molecular formula is C53H34N2. The van der Waals surface area contributed by atoms with Gasteiger partial charge in [0.05, 0.1) is 16.7 Å². The second-order valence-corrected chi connectivity index (χ2v) is 14.3. The van der Waals surface area contributed by atoms with Gasteiger partial charge >= 0.3 is 0 Å². The predicted octanol–water partition coefficient (Wildman–Crippen LogP) is 14.3. The highest BCUT2D eigenvalue weighted by Gasteiger charge is 2.20. The zero-order valence-electron chi connectivity index (χ0n) is 30.0. The number of para-hydroxylation sites is 1. The molecule has 2 heterocycles. The second kappa shape index (κ2) is 12.7. The van der Waals surface area contributed by atoms with Gasteiger partial charge in [-0.2, -0.15) is 0 Å². The minimum atomic E-state index is 0.965. The number of hydrogen-bond acceptors (Lipinski definition) is 1. The molecule has 0 bridgehead atoms. The molecule has 2 heteroatoms. The van der Waals surface area contributed by atoms with Crippen molar-refractivity contribution in [2.24, 2.45) is 0 Å². The van der Waals surface area contributed by atoms with Crippen molar-refractivity contribution in [1.29, 1.82) is 0 Å². The number of rotatable bonds is 5. The molecule has 0 saturated carbocycles. The molecule has 2 aromatic heterocycles. The van der Waals surface area contributed by atoms with Crippen LogP contribution in [0.5, 0.6) is 0 Å². The zero-order chi connectivity index (χ0) is 36.3. The fourth-order valence-electron chi connectivity index (χ4n) is 8.79. The average Bonchev–Trinajstić information content (AvgIpc) is 3.62. The lowest BCUT2D eigenvalue weighted by Gasteiger charge is -2.17. The van der Waals surface area contributed by atoms with E-state index in [4.69, 9.17) is 4.98 Å². The Bertz CT molecular complexity index is 3160. The first kappa shape index (κ1) is 31.3. The molecule has 0 atom stereocenters. The number of benzene rings is 9. The maximum Gasteiger partial charge on any atom is 0.0714 e. The van der Waals surface area contributed by atoms with Crippen molar-refractivity contribution in [3.63, 3.8) is 0 Å². The third-order valence-electron chi connectivity index (χ3n) is 11.2. The van der Waals surface area contributed by atoms with E-state index in [9.17, 15) is 0 Å². The zero-order valence-corrected chi connectivity index (χ0v) is 30.0. The largest absolute Gasteiger partial charge is 0.309 e. The van der Waals surface area contributed by atoms with E-state index >= 15 is 0 Å². The van der Waals surface area contributed by atoms with Crippen molar-refractivity contribution < 1.29 is 0 Å². The van der Waals surface area contributed by atoms with Gasteiger partial charge in [0, 0.05) is 39.2 Å². The van der Waals surface area contributed by atoms with E-state index in [1.54, 1.807) is 0 Å². The van der Waals surface area contributed by atoms with Crippen LogP contribution in [0.3, 0.4) is 0 Å². The normalized spacial score (nSPS) is 11.6. The molecule has 256 valence electrons. The van der Waals surface area contributed by atoms with Gasteiger partial charge in [-0.25, -0.2) is 0 Å². The maximum absolute atomic E-state index is 5.27. The Kier molecular flexibility index (Phi) is 7.21. The van der Waals surface area contributed by atoms with Crippen LogP contribution < -0.4 is 0 Å². The highest BCUT2D eigenvalue weighted by atomic mass is 15.0.